The van der Waals surface area contributed by atoms with E-state index in [1.807, 2.05) is 24.3 Å². The summed E-state index contributed by atoms with van der Waals surface area (Å²) >= 11 is 0. The Bertz CT molecular complexity index is 687. The molecule has 0 saturated heterocycles. The van der Waals surface area contributed by atoms with E-state index < -0.39 is 0 Å². The summed E-state index contributed by atoms with van der Waals surface area (Å²) in [5.74, 6) is 0.546. The first-order valence-corrected chi connectivity index (χ1v) is 5.90. The fraction of sp³-hybridized carbons (Fsp3) is 0.167. The van der Waals surface area contributed by atoms with Crippen LogP contribution < -0.4 is 5.32 Å². The zero-order valence-electron chi connectivity index (χ0n) is 10.1. The maximum Gasteiger partial charge on any atom is 0.272 e. The zero-order chi connectivity index (χ0) is 13.1. The number of hydrogen-bond donors (Lipinski definition) is 3. The van der Waals surface area contributed by atoms with Gasteiger partial charge >= 0.3 is 0 Å². The van der Waals surface area contributed by atoms with Crippen LogP contribution in [0.2, 0.25) is 0 Å². The maximum atomic E-state index is 12.0. The number of para-hydroxylation sites is 1. The van der Waals surface area contributed by atoms with Gasteiger partial charge in [-0.1, -0.05) is 18.2 Å². The van der Waals surface area contributed by atoms with Gasteiger partial charge in [0, 0.05) is 18.4 Å². The fourth-order valence-corrected chi connectivity index (χ4v) is 1.87. The summed E-state index contributed by atoms with van der Waals surface area (Å²) in [7, 11) is 0. The van der Waals surface area contributed by atoms with Crippen LogP contribution in [0.5, 0.6) is 0 Å². The number of aromatic amines is 2. The minimum Gasteiger partial charge on any atom is -0.350 e. The van der Waals surface area contributed by atoms with Gasteiger partial charge in [-0.2, -0.15) is 10.2 Å². The molecule has 0 unspecified atom stereocenters. The Labute approximate surface area is 108 Å². The van der Waals surface area contributed by atoms with Gasteiger partial charge in [-0.15, -0.1) is 0 Å². The molecule has 0 fully saturated rings. The smallest absolute Gasteiger partial charge is 0.272 e. The van der Waals surface area contributed by atoms with Crippen LogP contribution in [-0.4, -0.2) is 37.8 Å². The molecule has 0 aliphatic carbocycles. The molecule has 1 aromatic carbocycles. The molecule has 1 amide bonds. The fourth-order valence-electron chi connectivity index (χ4n) is 1.87. The van der Waals surface area contributed by atoms with E-state index in [1.54, 1.807) is 0 Å². The normalized spacial score (nSPS) is 10.7. The average Bonchev–Trinajstić information content (AvgIpc) is 3.07. The van der Waals surface area contributed by atoms with Crippen molar-refractivity contribution in [1.29, 1.82) is 0 Å². The molecule has 0 atom stereocenters. The number of amides is 1. The highest BCUT2D eigenvalue weighted by Gasteiger charge is 2.12. The van der Waals surface area contributed by atoms with Crippen LogP contribution in [0.1, 0.15) is 16.3 Å². The number of aromatic nitrogens is 5. The first-order valence-electron chi connectivity index (χ1n) is 5.90. The number of carbonyl (C=O) groups excluding carboxylic acids is 1. The summed E-state index contributed by atoms with van der Waals surface area (Å²) in [5, 5.41) is 17.0. The van der Waals surface area contributed by atoms with Crippen molar-refractivity contribution in [2.24, 2.45) is 0 Å². The molecule has 3 rings (SSSR count). The molecule has 0 radical (unpaired) electrons. The van der Waals surface area contributed by atoms with Crippen LogP contribution in [0, 0.1) is 0 Å². The van der Waals surface area contributed by atoms with Crippen LogP contribution in [-0.2, 0) is 6.42 Å². The van der Waals surface area contributed by atoms with Gasteiger partial charge in [0.2, 0.25) is 0 Å². The summed E-state index contributed by atoms with van der Waals surface area (Å²) in [5.41, 5.74) is 1.26. The molecule has 7 heteroatoms. The lowest BCUT2D eigenvalue weighted by Gasteiger charge is -2.01. The molecular formula is C12H12N6O. The SMILES string of the molecule is O=C(NCCc1ncn[nH]1)c1n[nH]c2ccccc12. The molecule has 2 aromatic heterocycles. The van der Waals surface area contributed by atoms with Gasteiger partial charge in [-0.05, 0) is 6.07 Å². The Balaban J connectivity index is 1.67. The monoisotopic (exact) mass is 256 g/mol. The molecule has 0 saturated carbocycles. The van der Waals surface area contributed by atoms with Crippen LogP contribution in [0.3, 0.4) is 0 Å². The Morgan fingerprint density at radius 2 is 2.16 bits per heavy atom. The van der Waals surface area contributed by atoms with E-state index in [0.29, 0.717) is 18.7 Å². The minimum atomic E-state index is -0.197. The van der Waals surface area contributed by atoms with Crippen molar-refractivity contribution < 1.29 is 4.79 Å². The second-order valence-electron chi connectivity index (χ2n) is 4.06. The number of carbonyl (C=O) groups is 1. The highest BCUT2D eigenvalue weighted by Crippen LogP contribution is 2.14. The standard InChI is InChI=1S/C12H12N6O/c19-12(13-6-5-10-14-7-15-17-10)11-8-3-1-2-4-9(8)16-18-11/h1-4,7H,5-6H2,(H,13,19)(H,16,18)(H,14,15,17). The van der Waals surface area contributed by atoms with E-state index in [1.165, 1.54) is 6.33 Å². The van der Waals surface area contributed by atoms with Crippen LogP contribution in [0.4, 0.5) is 0 Å². The van der Waals surface area contributed by atoms with Crippen molar-refractivity contribution in [2.75, 3.05) is 6.54 Å². The molecule has 7 nitrogen and oxygen atoms in total. The molecule has 96 valence electrons. The highest BCUT2D eigenvalue weighted by molar-refractivity contribution is 6.04. The Morgan fingerprint density at radius 3 is 3.00 bits per heavy atom. The van der Waals surface area contributed by atoms with Gasteiger partial charge in [-0.25, -0.2) is 4.98 Å². The highest BCUT2D eigenvalue weighted by atomic mass is 16.1. The lowest BCUT2D eigenvalue weighted by atomic mass is 10.2. The number of fused-ring (bicyclic) bond motifs is 1. The second kappa shape index (κ2) is 4.89. The van der Waals surface area contributed by atoms with E-state index in [0.717, 1.165) is 16.7 Å². The van der Waals surface area contributed by atoms with Crippen molar-refractivity contribution in [3.05, 3.63) is 42.1 Å². The van der Waals surface area contributed by atoms with E-state index in [9.17, 15) is 4.79 Å². The number of H-pyrrole nitrogens is 2. The third kappa shape index (κ3) is 2.30. The van der Waals surface area contributed by atoms with Gasteiger partial charge in [0.25, 0.3) is 5.91 Å². The minimum absolute atomic E-state index is 0.197. The summed E-state index contributed by atoms with van der Waals surface area (Å²) in [6, 6.07) is 7.52. The van der Waals surface area contributed by atoms with Gasteiger partial charge in [0.1, 0.15) is 12.2 Å². The predicted octanol–water partition coefficient (Wildman–Crippen LogP) is 0.653. The van der Waals surface area contributed by atoms with Crippen molar-refractivity contribution in [2.45, 2.75) is 6.42 Å². The predicted molar refractivity (Wildman–Crippen MR) is 68.5 cm³/mol. The first kappa shape index (κ1) is 11.4. The summed E-state index contributed by atoms with van der Waals surface area (Å²) in [6.45, 7) is 0.481. The van der Waals surface area contributed by atoms with E-state index in [-0.39, 0.29) is 5.91 Å². The third-order valence-electron chi connectivity index (χ3n) is 2.80. The summed E-state index contributed by atoms with van der Waals surface area (Å²) in [6.07, 6.45) is 2.05. The van der Waals surface area contributed by atoms with E-state index in [2.05, 4.69) is 30.7 Å². The largest absolute Gasteiger partial charge is 0.350 e. The molecule has 3 aromatic rings. The zero-order valence-corrected chi connectivity index (χ0v) is 10.1. The van der Waals surface area contributed by atoms with Gasteiger partial charge < -0.3 is 5.32 Å². The molecule has 0 aliphatic heterocycles. The number of nitrogens with one attached hydrogen (secondary N) is 3. The number of benzene rings is 1. The number of hydrogen-bond acceptors (Lipinski definition) is 4. The Morgan fingerprint density at radius 1 is 1.26 bits per heavy atom. The maximum absolute atomic E-state index is 12.0. The Kier molecular flexibility index (Phi) is 2.93. The van der Waals surface area contributed by atoms with Gasteiger partial charge in [0.05, 0.1) is 5.52 Å². The molecular weight excluding hydrogens is 244 g/mol. The molecule has 0 bridgehead atoms. The number of nitrogens with zero attached hydrogens (tertiary/aromatic N) is 3. The molecule has 19 heavy (non-hydrogen) atoms. The van der Waals surface area contributed by atoms with Crippen LogP contribution in [0.15, 0.2) is 30.6 Å². The lowest BCUT2D eigenvalue weighted by Crippen LogP contribution is -2.26. The number of rotatable bonds is 4. The van der Waals surface area contributed by atoms with Crippen LogP contribution >= 0.6 is 0 Å². The van der Waals surface area contributed by atoms with Gasteiger partial charge in [0.15, 0.2) is 5.69 Å². The molecule has 0 spiro atoms. The second-order valence-corrected chi connectivity index (χ2v) is 4.06. The van der Waals surface area contributed by atoms with E-state index >= 15 is 0 Å². The third-order valence-corrected chi connectivity index (χ3v) is 2.80. The van der Waals surface area contributed by atoms with Crippen molar-refractivity contribution in [1.82, 2.24) is 30.7 Å². The van der Waals surface area contributed by atoms with Gasteiger partial charge in [-0.3, -0.25) is 15.0 Å². The summed E-state index contributed by atoms with van der Waals surface area (Å²) in [4.78, 5) is 16.0. The lowest BCUT2D eigenvalue weighted by molar-refractivity contribution is 0.0950. The topological polar surface area (TPSA) is 99.3 Å². The molecule has 3 N–H and O–H groups in total. The van der Waals surface area contributed by atoms with Crippen LogP contribution in [0.25, 0.3) is 10.9 Å². The first-order chi connectivity index (χ1) is 9.34. The quantitative estimate of drug-likeness (QED) is 0.638. The van der Waals surface area contributed by atoms with Crippen molar-refractivity contribution in [3.8, 4) is 0 Å². The van der Waals surface area contributed by atoms with Crippen molar-refractivity contribution >= 4 is 16.8 Å². The molecule has 0 aliphatic rings. The summed E-state index contributed by atoms with van der Waals surface area (Å²) < 4.78 is 0. The average molecular weight is 256 g/mol. The Hall–Kier alpha value is -2.70. The van der Waals surface area contributed by atoms with E-state index in [4.69, 9.17) is 0 Å². The van der Waals surface area contributed by atoms with Crippen molar-refractivity contribution in [3.63, 3.8) is 0 Å². The molecule has 2 heterocycles.